The molecule has 3 rings (SSSR count). The molecule has 0 bridgehead atoms. The molecule has 1 aromatic heterocycles. The number of rotatable bonds is 7. The minimum absolute atomic E-state index is 0.0176. The molecule has 2 atom stereocenters. The van der Waals surface area contributed by atoms with Gasteiger partial charge in [-0.1, -0.05) is 42.2 Å². The second-order valence-corrected chi connectivity index (χ2v) is 7.67. The van der Waals surface area contributed by atoms with Gasteiger partial charge in [0.15, 0.2) is 0 Å². The number of hydrogen-bond donors (Lipinski definition) is 1. The second-order valence-electron chi connectivity index (χ2n) is 7.26. The molecule has 7 heteroatoms. The molecule has 1 N–H and O–H groups in total. The molecule has 1 amide bonds. The van der Waals surface area contributed by atoms with Crippen LogP contribution in [0.2, 0.25) is 5.02 Å². The van der Waals surface area contributed by atoms with Crippen LogP contribution in [0.15, 0.2) is 28.8 Å². The Labute approximate surface area is 165 Å². The van der Waals surface area contributed by atoms with E-state index < -0.39 is 0 Å². The minimum Gasteiger partial charge on any atom is -0.353 e. The molecule has 1 saturated heterocycles. The lowest BCUT2D eigenvalue weighted by molar-refractivity contribution is -0.127. The number of halogens is 1. The number of piperidine rings is 1. The monoisotopic (exact) mass is 390 g/mol. The molecule has 1 aliphatic rings. The first-order valence-electron chi connectivity index (χ1n) is 9.67. The third-order valence-electron chi connectivity index (χ3n) is 4.93. The molecule has 27 heavy (non-hydrogen) atoms. The fourth-order valence-corrected chi connectivity index (χ4v) is 3.76. The van der Waals surface area contributed by atoms with Gasteiger partial charge < -0.3 is 9.84 Å². The topological polar surface area (TPSA) is 71.3 Å². The molecule has 0 radical (unpaired) electrons. The summed E-state index contributed by atoms with van der Waals surface area (Å²) in [5.74, 6) is 1.22. The maximum absolute atomic E-state index is 12.5. The zero-order valence-electron chi connectivity index (χ0n) is 15.9. The third-order valence-corrected chi connectivity index (χ3v) is 5.26. The van der Waals surface area contributed by atoms with E-state index in [4.69, 9.17) is 16.1 Å². The average molecular weight is 391 g/mol. The predicted octanol–water partition coefficient (Wildman–Crippen LogP) is 3.91. The van der Waals surface area contributed by atoms with Gasteiger partial charge in [-0.15, -0.1) is 0 Å². The summed E-state index contributed by atoms with van der Waals surface area (Å²) < 4.78 is 5.41. The van der Waals surface area contributed by atoms with E-state index in [1.165, 1.54) is 0 Å². The zero-order valence-corrected chi connectivity index (χ0v) is 16.7. The maximum Gasteiger partial charge on any atom is 0.241 e. The molecule has 2 unspecified atom stereocenters. The van der Waals surface area contributed by atoms with Crippen LogP contribution in [0.1, 0.15) is 45.4 Å². The van der Waals surface area contributed by atoms with Gasteiger partial charge in [0.25, 0.3) is 0 Å². The van der Waals surface area contributed by atoms with Gasteiger partial charge >= 0.3 is 0 Å². The smallest absolute Gasteiger partial charge is 0.241 e. The quantitative estimate of drug-likeness (QED) is 0.776. The Morgan fingerprint density at radius 3 is 3.04 bits per heavy atom. The number of carbonyl (C=O) groups is 1. The molecule has 2 heterocycles. The van der Waals surface area contributed by atoms with Gasteiger partial charge in [0.1, 0.15) is 0 Å². The van der Waals surface area contributed by atoms with E-state index in [1.807, 2.05) is 18.2 Å². The van der Waals surface area contributed by atoms with Crippen LogP contribution in [-0.4, -0.2) is 40.1 Å². The predicted molar refractivity (Wildman–Crippen MR) is 105 cm³/mol. The van der Waals surface area contributed by atoms with Crippen molar-refractivity contribution in [1.29, 1.82) is 0 Å². The van der Waals surface area contributed by atoms with Crippen molar-refractivity contribution in [2.75, 3.05) is 13.1 Å². The van der Waals surface area contributed by atoms with Crippen LogP contribution in [0.5, 0.6) is 0 Å². The molecule has 1 fully saturated rings. The normalized spacial score (nSPS) is 19.0. The van der Waals surface area contributed by atoms with Crippen LogP contribution in [0.4, 0.5) is 0 Å². The Bertz CT molecular complexity index is 764. The van der Waals surface area contributed by atoms with Crippen molar-refractivity contribution in [3.05, 3.63) is 35.2 Å². The van der Waals surface area contributed by atoms with Crippen molar-refractivity contribution in [1.82, 2.24) is 20.4 Å². The summed E-state index contributed by atoms with van der Waals surface area (Å²) in [6, 6.07) is 7.67. The van der Waals surface area contributed by atoms with Gasteiger partial charge in [-0.25, -0.2) is 0 Å². The molecular formula is C20H27ClN4O2. The van der Waals surface area contributed by atoms with Crippen molar-refractivity contribution in [3.8, 4) is 11.4 Å². The van der Waals surface area contributed by atoms with Gasteiger partial charge in [0.05, 0.1) is 17.5 Å². The van der Waals surface area contributed by atoms with Crippen LogP contribution in [0.25, 0.3) is 11.4 Å². The lowest BCUT2D eigenvalue weighted by atomic mass is 9.96. The van der Waals surface area contributed by atoms with E-state index >= 15 is 0 Å². The lowest BCUT2D eigenvalue weighted by Crippen LogP contribution is -2.45. The van der Waals surface area contributed by atoms with E-state index in [9.17, 15) is 4.79 Å². The summed E-state index contributed by atoms with van der Waals surface area (Å²) in [6.45, 7) is 6.39. The van der Waals surface area contributed by atoms with Crippen molar-refractivity contribution in [2.45, 2.75) is 52.1 Å². The van der Waals surface area contributed by atoms with E-state index in [0.29, 0.717) is 29.8 Å². The number of nitrogens with one attached hydrogen (secondary N) is 1. The Kier molecular flexibility index (Phi) is 6.85. The van der Waals surface area contributed by atoms with Crippen LogP contribution in [0, 0.1) is 5.92 Å². The van der Waals surface area contributed by atoms with Gasteiger partial charge in [0.2, 0.25) is 17.6 Å². The van der Waals surface area contributed by atoms with Crippen LogP contribution in [-0.2, 0) is 11.3 Å². The first-order chi connectivity index (χ1) is 13.1. The fourth-order valence-electron chi connectivity index (χ4n) is 3.54. The third kappa shape index (κ3) is 5.30. The first kappa shape index (κ1) is 19.8. The van der Waals surface area contributed by atoms with E-state index in [0.717, 1.165) is 37.8 Å². The van der Waals surface area contributed by atoms with Gasteiger partial charge in [-0.2, -0.15) is 4.98 Å². The standard InChI is InChI=1S/C20H27ClN4O2/c1-3-7-14(2)22-20(26)15-8-6-11-25(12-15)13-18-23-19(24-27-18)16-9-4-5-10-17(16)21/h4-5,9-10,14-15H,3,6-8,11-13H2,1-2H3,(H,22,26). The molecule has 0 saturated carbocycles. The molecule has 2 aromatic rings. The fraction of sp³-hybridized carbons (Fsp3) is 0.550. The summed E-state index contributed by atoms with van der Waals surface area (Å²) in [7, 11) is 0. The van der Waals surface area contributed by atoms with E-state index in [-0.39, 0.29) is 17.9 Å². The molecule has 6 nitrogen and oxygen atoms in total. The number of likely N-dealkylation sites (tertiary alicyclic amines) is 1. The van der Waals surface area contributed by atoms with Gasteiger partial charge in [-0.3, -0.25) is 9.69 Å². The number of amides is 1. The maximum atomic E-state index is 12.5. The van der Waals surface area contributed by atoms with Crippen molar-refractivity contribution in [2.24, 2.45) is 5.92 Å². The highest BCUT2D eigenvalue weighted by Gasteiger charge is 2.27. The highest BCUT2D eigenvalue weighted by Crippen LogP contribution is 2.25. The number of aromatic nitrogens is 2. The van der Waals surface area contributed by atoms with Crippen molar-refractivity contribution in [3.63, 3.8) is 0 Å². The Balaban J connectivity index is 1.58. The molecule has 146 valence electrons. The highest BCUT2D eigenvalue weighted by atomic mass is 35.5. The Hall–Kier alpha value is -1.92. The first-order valence-corrected chi connectivity index (χ1v) is 10.0. The number of carbonyl (C=O) groups excluding carboxylic acids is 1. The Morgan fingerprint density at radius 1 is 1.44 bits per heavy atom. The number of hydrogen-bond acceptors (Lipinski definition) is 5. The zero-order chi connectivity index (χ0) is 19.2. The van der Waals surface area contributed by atoms with Crippen LogP contribution in [0.3, 0.4) is 0 Å². The Morgan fingerprint density at radius 2 is 2.26 bits per heavy atom. The number of benzene rings is 1. The van der Waals surface area contributed by atoms with Gasteiger partial charge in [0, 0.05) is 18.2 Å². The molecule has 0 spiro atoms. The van der Waals surface area contributed by atoms with Crippen LogP contribution >= 0.6 is 11.6 Å². The summed E-state index contributed by atoms with van der Waals surface area (Å²) in [6.07, 6.45) is 4.00. The summed E-state index contributed by atoms with van der Waals surface area (Å²) >= 11 is 6.20. The van der Waals surface area contributed by atoms with Crippen molar-refractivity contribution >= 4 is 17.5 Å². The molecule has 1 aliphatic heterocycles. The summed E-state index contributed by atoms with van der Waals surface area (Å²) in [4.78, 5) is 19.2. The van der Waals surface area contributed by atoms with Gasteiger partial charge in [-0.05, 0) is 44.9 Å². The number of nitrogens with zero attached hydrogens (tertiary/aromatic N) is 3. The van der Waals surface area contributed by atoms with E-state index in [2.05, 4.69) is 34.2 Å². The molecule has 1 aromatic carbocycles. The SMILES string of the molecule is CCCC(C)NC(=O)C1CCCN(Cc2nc(-c3ccccc3Cl)no2)C1. The average Bonchev–Trinajstić information content (AvgIpc) is 3.10. The second kappa shape index (κ2) is 9.33. The van der Waals surface area contributed by atoms with E-state index in [1.54, 1.807) is 6.07 Å². The van der Waals surface area contributed by atoms with Crippen LogP contribution < -0.4 is 5.32 Å². The highest BCUT2D eigenvalue weighted by molar-refractivity contribution is 6.33. The van der Waals surface area contributed by atoms with Crippen molar-refractivity contribution < 1.29 is 9.32 Å². The molecule has 0 aliphatic carbocycles. The largest absolute Gasteiger partial charge is 0.353 e. The minimum atomic E-state index is 0.0176. The summed E-state index contributed by atoms with van der Waals surface area (Å²) in [5, 5.41) is 7.78. The lowest BCUT2D eigenvalue weighted by Gasteiger charge is -2.31. The summed E-state index contributed by atoms with van der Waals surface area (Å²) in [5.41, 5.74) is 0.759. The molecular weight excluding hydrogens is 364 g/mol.